The fraction of sp³-hybridized carbons (Fsp3) is 0.0556. The molecule has 0 atom stereocenters. The molecule has 3 rings (SSSR count). The molecule has 2 aromatic rings. The number of hydrazine groups is 1. The van der Waals surface area contributed by atoms with E-state index in [9.17, 15) is 9.59 Å². The van der Waals surface area contributed by atoms with Crippen LogP contribution in [0.4, 0.5) is 0 Å². The van der Waals surface area contributed by atoms with Crippen LogP contribution in [0.15, 0.2) is 64.0 Å². The van der Waals surface area contributed by atoms with Gasteiger partial charge in [0, 0.05) is 4.47 Å². The summed E-state index contributed by atoms with van der Waals surface area (Å²) in [6, 6.07) is 16.9. The van der Waals surface area contributed by atoms with Gasteiger partial charge in [-0.1, -0.05) is 70.2 Å². The monoisotopic (exact) mass is 432 g/mol. The molecule has 1 heterocycles. The smallest absolute Gasteiger partial charge is 0.273 e. The van der Waals surface area contributed by atoms with Crippen LogP contribution in [0.3, 0.4) is 0 Å². The number of thioether (sulfide) groups is 1. The summed E-state index contributed by atoms with van der Waals surface area (Å²) in [5, 5.41) is 1.13. The second-order valence-corrected chi connectivity index (χ2v) is 7.86. The zero-order chi connectivity index (χ0) is 17.8. The van der Waals surface area contributed by atoms with Gasteiger partial charge in [0.1, 0.15) is 0 Å². The van der Waals surface area contributed by atoms with E-state index in [1.807, 2.05) is 54.6 Å². The van der Waals surface area contributed by atoms with Gasteiger partial charge in [-0.3, -0.25) is 15.0 Å². The molecule has 1 saturated heterocycles. The molecule has 0 unspecified atom stereocenters. The molecule has 2 aromatic carbocycles. The van der Waals surface area contributed by atoms with Gasteiger partial charge in [-0.2, -0.15) is 5.01 Å². The van der Waals surface area contributed by atoms with Crippen LogP contribution in [-0.4, -0.2) is 21.1 Å². The SMILES string of the molecule is O=C(Cc1ccccc1)NN1C(=O)/C(=C/c2ccc(Br)cc2)SC1=S. The zero-order valence-corrected chi connectivity index (χ0v) is 16.2. The lowest BCUT2D eigenvalue weighted by Gasteiger charge is -2.15. The minimum absolute atomic E-state index is 0.184. The molecule has 2 amide bonds. The molecule has 0 aromatic heterocycles. The highest BCUT2D eigenvalue weighted by Gasteiger charge is 2.33. The van der Waals surface area contributed by atoms with Crippen molar-refractivity contribution in [1.29, 1.82) is 0 Å². The first kappa shape index (κ1) is 17.8. The number of thiocarbonyl (C=S) groups is 1. The lowest BCUT2D eigenvalue weighted by molar-refractivity contribution is -0.132. The third-order valence-electron chi connectivity index (χ3n) is 3.41. The molecule has 0 aliphatic carbocycles. The molecule has 7 heteroatoms. The maximum atomic E-state index is 12.5. The number of amides is 2. The fourth-order valence-electron chi connectivity index (χ4n) is 2.22. The number of carbonyl (C=O) groups is 2. The topological polar surface area (TPSA) is 49.4 Å². The minimum atomic E-state index is -0.320. The fourth-order valence-corrected chi connectivity index (χ4v) is 3.66. The van der Waals surface area contributed by atoms with Gasteiger partial charge in [-0.25, -0.2) is 0 Å². The van der Waals surface area contributed by atoms with Gasteiger partial charge in [-0.15, -0.1) is 0 Å². The Kier molecular flexibility index (Phi) is 5.67. The Balaban J connectivity index is 1.69. The largest absolute Gasteiger partial charge is 0.285 e. The van der Waals surface area contributed by atoms with Crippen molar-refractivity contribution in [1.82, 2.24) is 10.4 Å². The Morgan fingerprint density at radius 2 is 1.84 bits per heavy atom. The van der Waals surface area contributed by atoms with Gasteiger partial charge in [0.05, 0.1) is 11.3 Å². The number of hydrogen-bond acceptors (Lipinski definition) is 4. The van der Waals surface area contributed by atoms with E-state index in [0.29, 0.717) is 9.23 Å². The van der Waals surface area contributed by atoms with E-state index in [4.69, 9.17) is 12.2 Å². The van der Waals surface area contributed by atoms with Crippen LogP contribution in [0.5, 0.6) is 0 Å². The zero-order valence-electron chi connectivity index (χ0n) is 12.9. The Hall–Kier alpha value is -1.96. The molecule has 0 bridgehead atoms. The maximum absolute atomic E-state index is 12.5. The third-order valence-corrected chi connectivity index (χ3v) is 5.24. The first-order valence-corrected chi connectivity index (χ1v) is 9.41. The molecule has 4 nitrogen and oxygen atoms in total. The minimum Gasteiger partial charge on any atom is -0.273 e. The van der Waals surface area contributed by atoms with Crippen molar-refractivity contribution >= 4 is 62.1 Å². The van der Waals surface area contributed by atoms with E-state index >= 15 is 0 Å². The summed E-state index contributed by atoms with van der Waals surface area (Å²) >= 11 is 9.77. The van der Waals surface area contributed by atoms with Crippen LogP contribution < -0.4 is 5.43 Å². The number of nitrogens with zero attached hydrogens (tertiary/aromatic N) is 1. The van der Waals surface area contributed by atoms with Crippen molar-refractivity contribution in [2.45, 2.75) is 6.42 Å². The molecule has 126 valence electrons. The van der Waals surface area contributed by atoms with Gasteiger partial charge in [0.2, 0.25) is 5.91 Å². The number of nitrogens with one attached hydrogen (secondary N) is 1. The van der Waals surface area contributed by atoms with Crippen LogP contribution in [0.2, 0.25) is 0 Å². The molecule has 0 radical (unpaired) electrons. The summed E-state index contributed by atoms with van der Waals surface area (Å²) in [6.07, 6.45) is 1.94. The number of carbonyl (C=O) groups excluding carboxylic acids is 2. The van der Waals surface area contributed by atoms with Crippen molar-refractivity contribution in [2.75, 3.05) is 0 Å². The first-order valence-electron chi connectivity index (χ1n) is 7.40. The third kappa shape index (κ3) is 4.56. The van der Waals surface area contributed by atoms with Crippen molar-refractivity contribution in [3.05, 3.63) is 75.1 Å². The summed E-state index contributed by atoms with van der Waals surface area (Å²) in [6.45, 7) is 0. The Morgan fingerprint density at radius 3 is 2.52 bits per heavy atom. The van der Waals surface area contributed by atoms with E-state index in [1.54, 1.807) is 6.08 Å². The molecule has 1 fully saturated rings. The number of benzene rings is 2. The van der Waals surface area contributed by atoms with Gasteiger partial charge in [0.15, 0.2) is 4.32 Å². The van der Waals surface area contributed by atoms with Gasteiger partial charge >= 0.3 is 0 Å². The van der Waals surface area contributed by atoms with E-state index in [2.05, 4.69) is 21.4 Å². The summed E-state index contributed by atoms with van der Waals surface area (Å²) < 4.78 is 1.28. The van der Waals surface area contributed by atoms with E-state index < -0.39 is 0 Å². The molecule has 1 aliphatic rings. The molecule has 1 N–H and O–H groups in total. The predicted molar refractivity (Wildman–Crippen MR) is 107 cm³/mol. The second kappa shape index (κ2) is 7.95. The molecule has 0 spiro atoms. The predicted octanol–water partition coefficient (Wildman–Crippen LogP) is 3.92. The van der Waals surface area contributed by atoms with Crippen molar-refractivity contribution in [3.8, 4) is 0 Å². The normalized spacial score (nSPS) is 15.7. The van der Waals surface area contributed by atoms with Gasteiger partial charge < -0.3 is 0 Å². The van der Waals surface area contributed by atoms with Crippen LogP contribution in [-0.2, 0) is 16.0 Å². The van der Waals surface area contributed by atoms with Crippen molar-refractivity contribution in [3.63, 3.8) is 0 Å². The van der Waals surface area contributed by atoms with E-state index in [1.165, 1.54) is 11.8 Å². The quantitative estimate of drug-likeness (QED) is 0.587. The molecular weight excluding hydrogens is 420 g/mol. The highest BCUT2D eigenvalue weighted by Crippen LogP contribution is 2.31. The van der Waals surface area contributed by atoms with Gasteiger partial charge in [-0.05, 0) is 41.6 Å². The van der Waals surface area contributed by atoms with E-state index in [0.717, 1.165) is 20.6 Å². The van der Waals surface area contributed by atoms with Gasteiger partial charge in [0.25, 0.3) is 5.91 Å². The lowest BCUT2D eigenvalue weighted by Crippen LogP contribution is -2.45. The highest BCUT2D eigenvalue weighted by molar-refractivity contribution is 9.10. The standard InChI is InChI=1S/C18H13BrN2O2S2/c19-14-8-6-13(7-9-14)10-15-17(23)21(18(24)25-15)20-16(22)11-12-4-2-1-3-5-12/h1-10H,11H2,(H,20,22)/b15-10-. The van der Waals surface area contributed by atoms with Crippen molar-refractivity contribution < 1.29 is 9.59 Å². The molecule has 1 aliphatic heterocycles. The lowest BCUT2D eigenvalue weighted by atomic mass is 10.1. The number of rotatable bonds is 4. The number of hydrogen-bond donors (Lipinski definition) is 1. The van der Waals surface area contributed by atoms with Crippen LogP contribution in [0.1, 0.15) is 11.1 Å². The highest BCUT2D eigenvalue weighted by atomic mass is 79.9. The Bertz CT molecular complexity index is 851. The van der Waals surface area contributed by atoms with Crippen molar-refractivity contribution in [2.24, 2.45) is 0 Å². The number of halogens is 1. The Labute approximate surface area is 163 Å². The molecular formula is C18H13BrN2O2S2. The van der Waals surface area contributed by atoms with E-state index in [-0.39, 0.29) is 18.2 Å². The maximum Gasteiger partial charge on any atom is 0.285 e. The summed E-state index contributed by atoms with van der Waals surface area (Å²) in [5.41, 5.74) is 4.35. The summed E-state index contributed by atoms with van der Waals surface area (Å²) in [4.78, 5) is 25.1. The first-order chi connectivity index (χ1) is 12.0. The van der Waals surface area contributed by atoms with Crippen LogP contribution in [0, 0.1) is 0 Å². The second-order valence-electron chi connectivity index (χ2n) is 5.27. The summed E-state index contributed by atoms with van der Waals surface area (Å²) in [7, 11) is 0. The Morgan fingerprint density at radius 1 is 1.16 bits per heavy atom. The average molecular weight is 433 g/mol. The molecule has 0 saturated carbocycles. The van der Waals surface area contributed by atoms with Crippen LogP contribution >= 0.6 is 39.9 Å². The molecule has 25 heavy (non-hydrogen) atoms. The average Bonchev–Trinajstić information content (AvgIpc) is 2.85. The summed E-state index contributed by atoms with van der Waals surface area (Å²) in [5.74, 6) is -0.605. The van der Waals surface area contributed by atoms with Crippen LogP contribution in [0.25, 0.3) is 6.08 Å².